The van der Waals surface area contributed by atoms with Crippen LogP contribution >= 0.6 is 0 Å². The number of carbonyl (C=O) groups is 1. The number of amides is 1. The van der Waals surface area contributed by atoms with Crippen LogP contribution in [-0.4, -0.2) is 65.2 Å². The van der Waals surface area contributed by atoms with Gasteiger partial charge in [-0.2, -0.15) is 8.78 Å². The highest BCUT2D eigenvalue weighted by atomic mass is 19.3. The van der Waals surface area contributed by atoms with Crippen LogP contribution in [0.25, 0.3) is 0 Å². The van der Waals surface area contributed by atoms with Crippen molar-refractivity contribution in [1.82, 2.24) is 19.4 Å². The van der Waals surface area contributed by atoms with Crippen LogP contribution in [0.5, 0.6) is 0 Å². The molecule has 8 heteroatoms. The highest BCUT2D eigenvalue weighted by Gasteiger charge is 2.18. The Morgan fingerprint density at radius 3 is 2.86 bits per heavy atom. The van der Waals surface area contributed by atoms with Crippen LogP contribution in [0.1, 0.15) is 18.8 Å². The molecule has 1 fully saturated rings. The first-order valence-electron chi connectivity index (χ1n) is 6.92. The molecule has 6 nitrogen and oxygen atoms in total. The lowest BCUT2D eigenvalue weighted by Crippen LogP contribution is -2.41. The van der Waals surface area contributed by atoms with E-state index in [1.54, 1.807) is 11.9 Å². The molecule has 0 aromatic carbocycles. The van der Waals surface area contributed by atoms with E-state index in [2.05, 4.69) is 4.98 Å². The number of alkyl halides is 2. The number of aromatic nitrogens is 2. The van der Waals surface area contributed by atoms with Crippen LogP contribution in [0.4, 0.5) is 8.78 Å². The Balaban J connectivity index is 1.77. The highest BCUT2D eigenvalue weighted by Crippen LogP contribution is 2.13. The van der Waals surface area contributed by atoms with Crippen molar-refractivity contribution in [2.45, 2.75) is 19.5 Å². The van der Waals surface area contributed by atoms with E-state index in [1.807, 2.05) is 4.90 Å². The Hall–Kier alpha value is -1.54. The fraction of sp³-hybridized carbons (Fsp3) is 0.692. The van der Waals surface area contributed by atoms with E-state index < -0.39 is 6.55 Å². The van der Waals surface area contributed by atoms with E-state index in [0.717, 1.165) is 4.57 Å². The molecule has 1 amide bonds. The van der Waals surface area contributed by atoms with E-state index in [4.69, 9.17) is 4.74 Å². The normalized spacial score (nSPS) is 16.0. The van der Waals surface area contributed by atoms with Gasteiger partial charge in [-0.05, 0) is 7.05 Å². The Kier molecular flexibility index (Phi) is 5.63. The van der Waals surface area contributed by atoms with Crippen molar-refractivity contribution in [2.75, 3.05) is 39.9 Å². The fourth-order valence-corrected chi connectivity index (χ4v) is 2.22. The van der Waals surface area contributed by atoms with Gasteiger partial charge in [0.05, 0.1) is 19.8 Å². The number of hydrogen-bond donors (Lipinski definition) is 0. The molecule has 0 bridgehead atoms. The van der Waals surface area contributed by atoms with Gasteiger partial charge >= 0.3 is 6.55 Å². The molecule has 118 valence electrons. The van der Waals surface area contributed by atoms with Crippen molar-refractivity contribution in [1.29, 1.82) is 0 Å². The molecule has 21 heavy (non-hydrogen) atoms. The molecule has 0 spiro atoms. The van der Waals surface area contributed by atoms with E-state index in [-0.39, 0.29) is 12.5 Å². The smallest absolute Gasteiger partial charge is 0.319 e. The number of ether oxygens (including phenoxy) is 1. The molecule has 0 saturated carbocycles. The standard InChI is InChI=1S/C13H20F2N4O2/c1-17(10-11-16-3-5-19(11)13(14)15)4-2-12(20)18-6-8-21-9-7-18/h3,5,13H,2,4,6-10H2,1H3. The molecule has 1 aromatic rings. The molecule has 0 radical (unpaired) electrons. The van der Waals surface area contributed by atoms with Crippen molar-refractivity contribution in [2.24, 2.45) is 0 Å². The summed E-state index contributed by atoms with van der Waals surface area (Å²) in [5, 5.41) is 0. The largest absolute Gasteiger partial charge is 0.378 e. The van der Waals surface area contributed by atoms with Crippen molar-refractivity contribution >= 4 is 5.91 Å². The van der Waals surface area contributed by atoms with Gasteiger partial charge in [0.1, 0.15) is 5.82 Å². The topological polar surface area (TPSA) is 50.6 Å². The molecule has 1 saturated heterocycles. The summed E-state index contributed by atoms with van der Waals surface area (Å²) in [5.74, 6) is 0.369. The van der Waals surface area contributed by atoms with Gasteiger partial charge in [0.15, 0.2) is 0 Å². The Morgan fingerprint density at radius 1 is 1.48 bits per heavy atom. The summed E-state index contributed by atoms with van der Waals surface area (Å²) < 4.78 is 31.4. The summed E-state index contributed by atoms with van der Waals surface area (Å²) in [4.78, 5) is 19.5. The average Bonchev–Trinajstić information content (AvgIpc) is 2.94. The third kappa shape index (κ3) is 4.47. The van der Waals surface area contributed by atoms with Crippen molar-refractivity contribution in [3.8, 4) is 0 Å². The minimum Gasteiger partial charge on any atom is -0.378 e. The average molecular weight is 302 g/mol. The molecular weight excluding hydrogens is 282 g/mol. The summed E-state index contributed by atoms with van der Waals surface area (Å²) in [6.45, 7) is 0.600. The summed E-state index contributed by atoms with van der Waals surface area (Å²) in [7, 11) is 1.79. The second kappa shape index (κ2) is 7.46. The second-order valence-electron chi connectivity index (χ2n) is 5.01. The van der Waals surface area contributed by atoms with Crippen LogP contribution in [0.15, 0.2) is 12.4 Å². The van der Waals surface area contributed by atoms with Crippen LogP contribution in [0.3, 0.4) is 0 Å². The third-order valence-corrected chi connectivity index (χ3v) is 3.44. The first-order valence-corrected chi connectivity index (χ1v) is 6.92. The highest BCUT2D eigenvalue weighted by molar-refractivity contribution is 5.76. The van der Waals surface area contributed by atoms with Gasteiger partial charge in [0, 0.05) is 38.4 Å². The predicted molar refractivity (Wildman–Crippen MR) is 71.8 cm³/mol. The molecule has 1 aliphatic heterocycles. The van der Waals surface area contributed by atoms with Gasteiger partial charge in [0.2, 0.25) is 5.91 Å². The molecule has 0 atom stereocenters. The lowest BCUT2D eigenvalue weighted by Gasteiger charge is -2.27. The Bertz CT molecular complexity index is 461. The van der Waals surface area contributed by atoms with Crippen molar-refractivity contribution in [3.63, 3.8) is 0 Å². The van der Waals surface area contributed by atoms with E-state index >= 15 is 0 Å². The van der Waals surface area contributed by atoms with E-state index in [9.17, 15) is 13.6 Å². The van der Waals surface area contributed by atoms with Crippen LogP contribution in [0.2, 0.25) is 0 Å². The minimum atomic E-state index is -2.59. The molecule has 0 unspecified atom stereocenters. The molecular formula is C13H20F2N4O2. The number of hydrogen-bond acceptors (Lipinski definition) is 4. The maximum Gasteiger partial charge on any atom is 0.319 e. The second-order valence-corrected chi connectivity index (χ2v) is 5.01. The predicted octanol–water partition coefficient (Wildman–Crippen LogP) is 0.959. The molecule has 1 aliphatic rings. The number of nitrogens with zero attached hydrogens (tertiary/aromatic N) is 4. The van der Waals surface area contributed by atoms with Gasteiger partial charge in [-0.3, -0.25) is 14.3 Å². The maximum absolute atomic E-state index is 12.7. The Labute approximate surface area is 122 Å². The van der Waals surface area contributed by atoms with Crippen molar-refractivity contribution < 1.29 is 18.3 Å². The van der Waals surface area contributed by atoms with E-state index in [1.165, 1.54) is 12.4 Å². The monoisotopic (exact) mass is 302 g/mol. The van der Waals surface area contributed by atoms with Gasteiger partial charge in [-0.1, -0.05) is 0 Å². The maximum atomic E-state index is 12.7. The summed E-state index contributed by atoms with van der Waals surface area (Å²) in [6, 6.07) is 0. The number of imidazole rings is 1. The minimum absolute atomic E-state index is 0.0716. The Morgan fingerprint density at radius 2 is 2.19 bits per heavy atom. The third-order valence-electron chi connectivity index (χ3n) is 3.44. The number of carbonyl (C=O) groups excluding carboxylic acids is 1. The van der Waals surface area contributed by atoms with Crippen LogP contribution in [0, 0.1) is 0 Å². The lowest BCUT2D eigenvalue weighted by molar-refractivity contribution is -0.135. The van der Waals surface area contributed by atoms with Gasteiger partial charge in [0.25, 0.3) is 0 Å². The first kappa shape index (κ1) is 15.8. The van der Waals surface area contributed by atoms with Gasteiger partial charge in [-0.25, -0.2) is 4.98 Å². The van der Waals surface area contributed by atoms with E-state index in [0.29, 0.717) is 45.1 Å². The fourth-order valence-electron chi connectivity index (χ4n) is 2.22. The number of morpholine rings is 1. The molecule has 1 aromatic heterocycles. The molecule has 2 heterocycles. The van der Waals surface area contributed by atoms with Gasteiger partial charge < -0.3 is 9.64 Å². The molecule has 0 N–H and O–H groups in total. The van der Waals surface area contributed by atoms with Crippen molar-refractivity contribution in [3.05, 3.63) is 18.2 Å². The summed E-state index contributed by atoms with van der Waals surface area (Å²) >= 11 is 0. The SMILES string of the molecule is CN(CCC(=O)N1CCOCC1)Cc1nccn1C(F)F. The zero-order chi connectivity index (χ0) is 15.2. The number of rotatable bonds is 6. The van der Waals surface area contributed by atoms with Crippen LogP contribution in [-0.2, 0) is 16.1 Å². The first-order chi connectivity index (χ1) is 10.1. The van der Waals surface area contributed by atoms with Gasteiger partial charge in [-0.15, -0.1) is 0 Å². The number of halogens is 2. The quantitative estimate of drug-likeness (QED) is 0.785. The zero-order valence-electron chi connectivity index (χ0n) is 12.0. The zero-order valence-corrected chi connectivity index (χ0v) is 12.0. The summed E-state index contributed by atoms with van der Waals surface area (Å²) in [6.07, 6.45) is 2.98. The lowest BCUT2D eigenvalue weighted by atomic mass is 10.3. The molecule has 2 rings (SSSR count). The molecule has 0 aliphatic carbocycles. The van der Waals surface area contributed by atoms with Crippen LogP contribution < -0.4 is 0 Å². The summed E-state index contributed by atoms with van der Waals surface area (Å²) in [5.41, 5.74) is 0.